The first kappa shape index (κ1) is 19.5. The SMILES string of the molecule is O=C(NCCc1ccc(Cl)cc1Cl)[C@H]1CC(=O)N([C@@H]2CCS(=O)(=O)C2)C1. The molecular weight excluding hydrogens is 399 g/mol. The summed E-state index contributed by atoms with van der Waals surface area (Å²) >= 11 is 12.0. The summed E-state index contributed by atoms with van der Waals surface area (Å²) in [6.45, 7) is 0.690. The van der Waals surface area contributed by atoms with Crippen molar-refractivity contribution in [2.75, 3.05) is 24.6 Å². The lowest BCUT2D eigenvalue weighted by atomic mass is 10.1. The zero-order valence-electron chi connectivity index (χ0n) is 14.1. The van der Waals surface area contributed by atoms with E-state index in [1.807, 2.05) is 6.07 Å². The molecule has 9 heteroatoms. The molecule has 0 unspecified atom stereocenters. The number of nitrogens with one attached hydrogen (secondary N) is 1. The highest BCUT2D eigenvalue weighted by Crippen LogP contribution is 2.26. The van der Waals surface area contributed by atoms with Crippen molar-refractivity contribution in [2.45, 2.75) is 25.3 Å². The Kier molecular flexibility index (Phi) is 5.79. The topological polar surface area (TPSA) is 83.6 Å². The summed E-state index contributed by atoms with van der Waals surface area (Å²) in [4.78, 5) is 26.1. The monoisotopic (exact) mass is 418 g/mol. The Morgan fingerprint density at radius 2 is 2.08 bits per heavy atom. The molecule has 26 heavy (non-hydrogen) atoms. The van der Waals surface area contributed by atoms with Gasteiger partial charge in [-0.1, -0.05) is 29.3 Å². The number of benzene rings is 1. The van der Waals surface area contributed by atoms with Crippen LogP contribution in [0.15, 0.2) is 18.2 Å². The van der Waals surface area contributed by atoms with Crippen LogP contribution >= 0.6 is 23.2 Å². The molecule has 2 amide bonds. The molecule has 2 saturated heterocycles. The molecule has 2 aliphatic heterocycles. The predicted octanol–water partition coefficient (Wildman–Crippen LogP) is 1.69. The van der Waals surface area contributed by atoms with Gasteiger partial charge in [0.25, 0.3) is 0 Å². The highest BCUT2D eigenvalue weighted by Gasteiger charge is 2.41. The maximum absolute atomic E-state index is 12.3. The Morgan fingerprint density at radius 3 is 2.73 bits per heavy atom. The van der Waals surface area contributed by atoms with Gasteiger partial charge in [0, 0.05) is 35.6 Å². The molecule has 0 aliphatic carbocycles. The number of carbonyl (C=O) groups excluding carboxylic acids is 2. The number of sulfone groups is 1. The Morgan fingerprint density at radius 1 is 1.31 bits per heavy atom. The second-order valence-electron chi connectivity index (χ2n) is 6.78. The standard InChI is InChI=1S/C17H20Cl2N2O4S/c18-13-2-1-11(15(19)8-13)3-5-20-17(23)12-7-16(22)21(9-12)14-4-6-26(24,25)10-14/h1-2,8,12,14H,3-7,9-10H2,(H,20,23)/t12-,14+/m0/s1. The molecule has 1 aromatic rings. The molecule has 2 atom stereocenters. The van der Waals surface area contributed by atoms with Gasteiger partial charge in [-0.15, -0.1) is 0 Å². The van der Waals surface area contributed by atoms with Crippen LogP contribution in [0.5, 0.6) is 0 Å². The Labute approximate surface area is 162 Å². The van der Waals surface area contributed by atoms with Crippen molar-refractivity contribution in [1.29, 1.82) is 0 Å². The van der Waals surface area contributed by atoms with Crippen LogP contribution in [-0.2, 0) is 25.8 Å². The molecule has 2 fully saturated rings. The molecule has 2 heterocycles. The van der Waals surface area contributed by atoms with Crippen LogP contribution in [0.2, 0.25) is 10.0 Å². The molecule has 6 nitrogen and oxygen atoms in total. The van der Waals surface area contributed by atoms with Crippen molar-refractivity contribution in [3.05, 3.63) is 33.8 Å². The van der Waals surface area contributed by atoms with E-state index in [1.54, 1.807) is 17.0 Å². The van der Waals surface area contributed by atoms with Gasteiger partial charge in [0.1, 0.15) is 0 Å². The minimum absolute atomic E-state index is 0.00213. The average molecular weight is 419 g/mol. The van der Waals surface area contributed by atoms with E-state index in [2.05, 4.69) is 5.32 Å². The van der Waals surface area contributed by atoms with Gasteiger partial charge in [-0.3, -0.25) is 9.59 Å². The second-order valence-corrected chi connectivity index (χ2v) is 9.85. The number of hydrogen-bond acceptors (Lipinski definition) is 4. The fourth-order valence-corrected chi connectivity index (χ4v) is 5.70. The van der Waals surface area contributed by atoms with Crippen LogP contribution in [0.3, 0.4) is 0 Å². The van der Waals surface area contributed by atoms with Gasteiger partial charge in [0.05, 0.1) is 17.4 Å². The Bertz CT molecular complexity index is 828. The van der Waals surface area contributed by atoms with Gasteiger partial charge in [-0.25, -0.2) is 8.42 Å². The third-order valence-corrected chi connectivity index (χ3v) is 7.22. The number of hydrogen-bond donors (Lipinski definition) is 1. The molecular formula is C17H20Cl2N2O4S. The quantitative estimate of drug-likeness (QED) is 0.788. The van der Waals surface area contributed by atoms with Gasteiger partial charge >= 0.3 is 0 Å². The van der Waals surface area contributed by atoms with E-state index in [0.717, 1.165) is 5.56 Å². The zero-order chi connectivity index (χ0) is 18.9. The number of amides is 2. The van der Waals surface area contributed by atoms with Gasteiger partial charge in [0.2, 0.25) is 11.8 Å². The maximum Gasteiger partial charge on any atom is 0.225 e. The minimum atomic E-state index is -3.06. The summed E-state index contributed by atoms with van der Waals surface area (Å²) < 4.78 is 23.2. The minimum Gasteiger partial charge on any atom is -0.355 e. The third kappa shape index (κ3) is 4.50. The van der Waals surface area contributed by atoms with Crippen LogP contribution in [0.1, 0.15) is 18.4 Å². The summed E-state index contributed by atoms with van der Waals surface area (Å²) in [5.41, 5.74) is 0.886. The molecule has 1 N–H and O–H groups in total. The third-order valence-electron chi connectivity index (χ3n) is 4.89. The van der Waals surface area contributed by atoms with Crippen molar-refractivity contribution < 1.29 is 18.0 Å². The van der Waals surface area contributed by atoms with E-state index < -0.39 is 15.8 Å². The van der Waals surface area contributed by atoms with E-state index in [0.29, 0.717) is 29.4 Å². The number of halogens is 2. The molecule has 142 valence electrons. The van der Waals surface area contributed by atoms with Crippen LogP contribution in [0, 0.1) is 5.92 Å². The van der Waals surface area contributed by atoms with E-state index in [4.69, 9.17) is 23.2 Å². The number of likely N-dealkylation sites (tertiary alicyclic amines) is 1. The zero-order valence-corrected chi connectivity index (χ0v) is 16.4. The van der Waals surface area contributed by atoms with Gasteiger partial charge in [-0.05, 0) is 30.5 Å². The van der Waals surface area contributed by atoms with Crippen LogP contribution in [-0.4, -0.2) is 55.8 Å². The smallest absolute Gasteiger partial charge is 0.225 e. The van der Waals surface area contributed by atoms with Crippen LogP contribution < -0.4 is 5.32 Å². The fourth-order valence-electron chi connectivity index (χ4n) is 3.47. The molecule has 0 bridgehead atoms. The normalized spacial score (nSPS) is 24.8. The summed E-state index contributed by atoms with van der Waals surface area (Å²) in [6.07, 6.45) is 1.15. The predicted molar refractivity (Wildman–Crippen MR) is 100 cm³/mol. The largest absolute Gasteiger partial charge is 0.355 e. The van der Waals surface area contributed by atoms with Gasteiger partial charge in [0.15, 0.2) is 9.84 Å². The first-order chi connectivity index (χ1) is 12.2. The Balaban J connectivity index is 1.50. The van der Waals surface area contributed by atoms with Crippen LogP contribution in [0.25, 0.3) is 0 Å². The summed E-state index contributed by atoms with van der Waals surface area (Å²) in [6, 6.07) is 4.92. The highest BCUT2D eigenvalue weighted by molar-refractivity contribution is 7.91. The van der Waals surface area contributed by atoms with Crippen molar-refractivity contribution in [3.63, 3.8) is 0 Å². The molecule has 0 radical (unpaired) electrons. The first-order valence-corrected chi connectivity index (χ1v) is 11.0. The molecule has 2 aliphatic rings. The van der Waals surface area contributed by atoms with Gasteiger partial charge in [-0.2, -0.15) is 0 Å². The Hall–Kier alpha value is -1.31. The van der Waals surface area contributed by atoms with Crippen molar-refractivity contribution in [2.24, 2.45) is 5.92 Å². The highest BCUT2D eigenvalue weighted by atomic mass is 35.5. The lowest BCUT2D eigenvalue weighted by molar-refractivity contribution is -0.130. The van der Waals surface area contributed by atoms with Gasteiger partial charge < -0.3 is 10.2 Å². The fraction of sp³-hybridized carbons (Fsp3) is 0.529. The van der Waals surface area contributed by atoms with E-state index in [1.165, 1.54) is 0 Å². The summed E-state index contributed by atoms with van der Waals surface area (Å²) in [5, 5.41) is 3.94. The van der Waals surface area contributed by atoms with E-state index in [9.17, 15) is 18.0 Å². The molecule has 0 spiro atoms. The summed E-state index contributed by atoms with van der Waals surface area (Å²) in [5.74, 6) is -0.659. The summed E-state index contributed by atoms with van der Waals surface area (Å²) in [7, 11) is -3.06. The number of rotatable bonds is 5. The van der Waals surface area contributed by atoms with Crippen molar-refractivity contribution in [3.8, 4) is 0 Å². The van der Waals surface area contributed by atoms with E-state index >= 15 is 0 Å². The molecule has 0 saturated carbocycles. The van der Waals surface area contributed by atoms with E-state index in [-0.39, 0.29) is 42.3 Å². The lowest BCUT2D eigenvalue weighted by Crippen LogP contribution is -2.39. The average Bonchev–Trinajstić information content (AvgIpc) is 3.11. The van der Waals surface area contributed by atoms with Crippen molar-refractivity contribution >= 4 is 44.9 Å². The molecule has 0 aromatic heterocycles. The van der Waals surface area contributed by atoms with Crippen molar-refractivity contribution in [1.82, 2.24) is 10.2 Å². The first-order valence-electron chi connectivity index (χ1n) is 8.47. The maximum atomic E-state index is 12.3. The molecule has 3 rings (SSSR count). The number of nitrogens with zero attached hydrogens (tertiary/aromatic N) is 1. The number of carbonyl (C=O) groups is 2. The lowest BCUT2D eigenvalue weighted by Gasteiger charge is -2.22. The second kappa shape index (κ2) is 7.74. The molecule has 1 aromatic carbocycles. The van der Waals surface area contributed by atoms with Crippen LogP contribution in [0.4, 0.5) is 0 Å².